The molecule has 0 saturated heterocycles. The van der Waals surface area contributed by atoms with E-state index in [0.29, 0.717) is 39.3 Å². The minimum atomic E-state index is -1.82. The maximum Gasteiger partial charge on any atom is 3.00 e. The average molecular weight is 455 g/mol. The molecule has 1 atom stereocenters. The zero-order chi connectivity index (χ0) is 21.9. The van der Waals surface area contributed by atoms with E-state index in [4.69, 9.17) is 42.7 Å². The topological polar surface area (TPSA) is 213 Å². The summed E-state index contributed by atoms with van der Waals surface area (Å²) in [6.07, 6.45) is 0.211. The largest absolute Gasteiger partial charge is 3.00 e. The molecule has 166 valence electrons. The van der Waals surface area contributed by atoms with E-state index in [1.54, 1.807) is 12.1 Å². The molecule has 0 radical (unpaired) electrons. The Balaban J connectivity index is -0.000000363. The fraction of sp³-hybridized carbons (Fsp3) is 0.471. The predicted octanol–water partition coefficient (Wildman–Crippen LogP) is 0.998. The number of nitrogens with one attached hydrogen (secondary N) is 4. The van der Waals surface area contributed by atoms with Gasteiger partial charge in [0.25, 0.3) is 0 Å². The molecule has 0 fully saturated rings. The first kappa shape index (κ1) is 31.6. The smallest absolute Gasteiger partial charge is 0.676 e. The summed E-state index contributed by atoms with van der Waals surface area (Å²) in [6.45, 7) is 3.24. The number of carboxylic acid groups (broad SMARTS) is 3. The second-order valence-corrected chi connectivity index (χ2v) is 5.26. The third kappa shape index (κ3) is 20.5. The van der Waals surface area contributed by atoms with E-state index in [1.165, 1.54) is 0 Å². The van der Waals surface area contributed by atoms with Gasteiger partial charge in [-0.05, 0) is 31.6 Å². The molecule has 29 heavy (non-hydrogen) atoms. The van der Waals surface area contributed by atoms with Crippen molar-refractivity contribution >= 4 is 17.9 Å². The van der Waals surface area contributed by atoms with E-state index in [1.807, 2.05) is 23.1 Å². The van der Waals surface area contributed by atoms with Crippen LogP contribution in [0.3, 0.4) is 0 Å². The minimum absolute atomic E-state index is 0. The molecule has 0 saturated carbocycles. The molecule has 0 heterocycles. The number of carbonyl (C=O) groups is 3. The second kappa shape index (κ2) is 20.7. The molecule has 0 amide bonds. The molecule has 0 aliphatic carbocycles. The Kier molecular flexibility index (Phi) is 22.5. The number of hydrogen-bond acceptors (Lipinski definition) is 5. The van der Waals surface area contributed by atoms with Crippen molar-refractivity contribution in [2.24, 2.45) is 0 Å². The Morgan fingerprint density at radius 2 is 1.28 bits per heavy atom. The molecule has 12 heteroatoms. The van der Waals surface area contributed by atoms with Crippen LogP contribution in [0.15, 0.2) is 30.3 Å². The Morgan fingerprint density at radius 3 is 1.55 bits per heavy atom. The summed E-state index contributed by atoms with van der Waals surface area (Å²) >= 11 is 0. The number of benzene rings is 1. The molecule has 0 aliphatic heterocycles. The molecule has 11 nitrogen and oxygen atoms in total. The molecule has 1 unspecified atom stereocenters. The first-order chi connectivity index (χ1) is 13.2. The summed E-state index contributed by atoms with van der Waals surface area (Å²) < 4.78 is 0. The first-order valence-electron chi connectivity index (χ1n) is 8.27. The van der Waals surface area contributed by atoms with Gasteiger partial charge < -0.3 is 47.9 Å². The first-order valence-corrected chi connectivity index (χ1v) is 8.27. The van der Waals surface area contributed by atoms with Crippen molar-refractivity contribution in [2.45, 2.75) is 12.5 Å². The van der Waals surface area contributed by atoms with Crippen LogP contribution in [0, 0.1) is 0 Å². The number of rotatable bonds is 9. The molecule has 0 bridgehead atoms. The SMILES string of the molecule is O=C(O)C(=O)O.[Co+3].[NH-]C(Cc1ccccc1)C(=O)[O-].[NH-]CCN(CC[NH-])CC[NH-]. The summed E-state index contributed by atoms with van der Waals surface area (Å²) in [5.74, 6) is -4.97. The second-order valence-electron chi connectivity index (χ2n) is 5.26. The van der Waals surface area contributed by atoms with Crippen LogP contribution in [0.25, 0.3) is 22.9 Å². The van der Waals surface area contributed by atoms with E-state index < -0.39 is 23.9 Å². The van der Waals surface area contributed by atoms with Gasteiger partial charge >= 0.3 is 28.7 Å². The fourth-order valence-corrected chi connectivity index (χ4v) is 1.74. The molecule has 1 rings (SSSR count). The van der Waals surface area contributed by atoms with Crippen LogP contribution in [0.4, 0.5) is 0 Å². The maximum absolute atomic E-state index is 10.2. The summed E-state index contributed by atoms with van der Waals surface area (Å²) in [5, 5.41) is 25.0. The van der Waals surface area contributed by atoms with E-state index in [0.717, 1.165) is 5.56 Å². The van der Waals surface area contributed by atoms with Crippen molar-refractivity contribution < 1.29 is 46.5 Å². The van der Waals surface area contributed by atoms with Gasteiger partial charge in [0.15, 0.2) is 0 Å². The summed E-state index contributed by atoms with van der Waals surface area (Å²) in [6, 6.07) is 7.91. The van der Waals surface area contributed by atoms with Crippen molar-refractivity contribution in [1.29, 1.82) is 0 Å². The Hall–Kier alpha value is -2.06. The van der Waals surface area contributed by atoms with Crippen LogP contribution in [0.2, 0.25) is 0 Å². The third-order valence-electron chi connectivity index (χ3n) is 3.03. The van der Waals surface area contributed by atoms with Gasteiger partial charge in [-0.15, -0.1) is 19.6 Å². The minimum Gasteiger partial charge on any atom is -0.676 e. The van der Waals surface area contributed by atoms with E-state index in [-0.39, 0.29) is 23.2 Å². The molecule has 6 N–H and O–H groups in total. The van der Waals surface area contributed by atoms with E-state index >= 15 is 0 Å². The van der Waals surface area contributed by atoms with Crippen molar-refractivity contribution in [3.63, 3.8) is 0 Å². The fourth-order valence-electron chi connectivity index (χ4n) is 1.74. The van der Waals surface area contributed by atoms with Gasteiger partial charge in [0.05, 0.1) is 0 Å². The van der Waals surface area contributed by atoms with Gasteiger partial charge in [0.2, 0.25) is 0 Å². The molecule has 1 aromatic carbocycles. The molecular weight excluding hydrogens is 429 g/mol. The van der Waals surface area contributed by atoms with Crippen molar-refractivity contribution in [3.05, 3.63) is 58.8 Å². The number of carbonyl (C=O) groups excluding carboxylic acids is 1. The Morgan fingerprint density at radius 1 is 0.897 bits per heavy atom. The molecule has 0 aromatic heterocycles. The van der Waals surface area contributed by atoms with Gasteiger partial charge in [0, 0.05) is 5.97 Å². The number of carboxylic acids is 3. The predicted molar refractivity (Wildman–Crippen MR) is 103 cm³/mol. The Bertz CT molecular complexity index is 538. The van der Waals surface area contributed by atoms with Gasteiger partial charge in [-0.1, -0.05) is 36.4 Å². The zero-order valence-electron chi connectivity index (χ0n) is 15.7. The van der Waals surface area contributed by atoms with Gasteiger partial charge in [-0.3, -0.25) is 0 Å². The van der Waals surface area contributed by atoms with Crippen LogP contribution < -0.4 is 5.11 Å². The Labute approximate surface area is 180 Å². The van der Waals surface area contributed by atoms with Crippen molar-refractivity contribution in [2.75, 3.05) is 39.3 Å². The molecule has 0 spiro atoms. The van der Waals surface area contributed by atoms with Gasteiger partial charge in [-0.2, -0.15) is 0 Å². The van der Waals surface area contributed by atoms with Crippen molar-refractivity contribution in [1.82, 2.24) is 4.90 Å². The number of aliphatic carboxylic acids is 3. The molecular formula is C17H26CoN5O6-2. The van der Waals surface area contributed by atoms with Gasteiger partial charge in [0.1, 0.15) is 0 Å². The van der Waals surface area contributed by atoms with Crippen LogP contribution in [0.5, 0.6) is 0 Å². The van der Waals surface area contributed by atoms with Crippen LogP contribution >= 0.6 is 0 Å². The molecule has 1 aromatic rings. The van der Waals surface area contributed by atoms with E-state index in [2.05, 4.69) is 0 Å². The third-order valence-corrected chi connectivity index (χ3v) is 3.03. The summed E-state index contributed by atoms with van der Waals surface area (Å²) in [7, 11) is 0. The summed E-state index contributed by atoms with van der Waals surface area (Å²) in [4.78, 5) is 30.4. The number of hydrogen-bond donors (Lipinski definition) is 2. The van der Waals surface area contributed by atoms with Crippen LogP contribution in [0.1, 0.15) is 5.56 Å². The standard InChI is InChI=1S/C9H10NO2.C6H15N4.C2H2O4.Co/c10-8(9(11)12)6-7-4-2-1-3-5-7;7-1-4-10(5-2-8)6-3-9;3-1(4)2(5)6;/h1-5,8,10H,6H2,(H,11,12);7-9H,1-6H2;(H,3,4)(H,5,6);/q-1;-3;;+3/p-1. The monoisotopic (exact) mass is 455 g/mol. The average Bonchev–Trinajstić information content (AvgIpc) is 2.64. The normalized spacial score (nSPS) is 10.4. The zero-order valence-corrected chi connectivity index (χ0v) is 16.8. The maximum atomic E-state index is 10.2. The molecule has 0 aliphatic rings. The summed E-state index contributed by atoms with van der Waals surface area (Å²) in [5.41, 5.74) is 28.7. The van der Waals surface area contributed by atoms with E-state index in [9.17, 15) is 9.90 Å². The number of nitrogens with zero attached hydrogens (tertiary/aromatic N) is 1. The van der Waals surface area contributed by atoms with Crippen molar-refractivity contribution in [3.8, 4) is 0 Å². The van der Waals surface area contributed by atoms with Crippen LogP contribution in [-0.2, 0) is 37.6 Å². The van der Waals surface area contributed by atoms with Crippen LogP contribution in [-0.4, -0.2) is 78.3 Å². The van der Waals surface area contributed by atoms with Gasteiger partial charge in [-0.25, -0.2) is 9.59 Å². The quantitative estimate of drug-likeness (QED) is 0.515.